The number of hydrazine groups is 1. The van der Waals surface area contributed by atoms with Crippen molar-refractivity contribution >= 4 is 39.1 Å². The quantitative estimate of drug-likeness (QED) is 0.262. The van der Waals surface area contributed by atoms with E-state index in [4.69, 9.17) is 25.8 Å². The van der Waals surface area contributed by atoms with Crippen molar-refractivity contribution in [1.82, 2.24) is 15.3 Å². The van der Waals surface area contributed by atoms with Crippen molar-refractivity contribution in [2.45, 2.75) is 42.4 Å². The van der Waals surface area contributed by atoms with Crippen LogP contribution >= 0.6 is 11.6 Å². The average molecular weight is 765 g/mol. The zero-order valence-corrected chi connectivity index (χ0v) is 30.5. The van der Waals surface area contributed by atoms with Crippen molar-refractivity contribution in [3.8, 4) is 17.2 Å². The van der Waals surface area contributed by atoms with Crippen LogP contribution in [0.4, 0.5) is 18.9 Å². The van der Waals surface area contributed by atoms with Crippen LogP contribution in [-0.4, -0.2) is 90.6 Å². The van der Waals surface area contributed by atoms with Gasteiger partial charge in [-0.05, 0) is 81.9 Å². The van der Waals surface area contributed by atoms with Crippen LogP contribution in [0.3, 0.4) is 0 Å². The third-order valence-corrected chi connectivity index (χ3v) is 12.3. The molecule has 0 aromatic heterocycles. The molecule has 0 aliphatic carbocycles. The number of carbonyl (C=O) groups is 2. The van der Waals surface area contributed by atoms with Crippen LogP contribution in [0.2, 0.25) is 5.02 Å². The lowest BCUT2D eigenvalue weighted by atomic mass is 9.74. The molecule has 1 unspecified atom stereocenters. The van der Waals surface area contributed by atoms with Crippen molar-refractivity contribution in [3.05, 3.63) is 76.6 Å². The second-order valence-electron chi connectivity index (χ2n) is 13.2. The molecule has 280 valence electrons. The number of piperidine rings is 2. The fourth-order valence-electron chi connectivity index (χ4n) is 7.57. The number of hydrogen-bond acceptors (Lipinski definition) is 9. The largest absolute Gasteiger partial charge is 0.497 e. The zero-order chi connectivity index (χ0) is 37.4. The number of halogens is 4. The summed E-state index contributed by atoms with van der Waals surface area (Å²) < 4.78 is 87.7. The average Bonchev–Trinajstić information content (AvgIpc) is 3.39. The van der Waals surface area contributed by atoms with Crippen LogP contribution in [0.15, 0.2) is 59.5 Å². The predicted octanol–water partition coefficient (Wildman–Crippen LogP) is 5.25. The van der Waals surface area contributed by atoms with Gasteiger partial charge in [-0.2, -0.15) is 0 Å². The monoisotopic (exact) mass is 764 g/mol. The van der Waals surface area contributed by atoms with Gasteiger partial charge < -0.3 is 19.1 Å². The third kappa shape index (κ3) is 6.79. The number of methoxy groups -OCH3 is 2. The third-order valence-electron chi connectivity index (χ3n) is 10.3. The van der Waals surface area contributed by atoms with E-state index in [1.54, 1.807) is 5.01 Å². The minimum Gasteiger partial charge on any atom is -0.497 e. The molecule has 6 rings (SSSR count). The van der Waals surface area contributed by atoms with E-state index in [0.717, 1.165) is 57.0 Å². The number of alkyl halides is 2. The number of hydrogen-bond donors (Lipinski definition) is 1. The van der Waals surface area contributed by atoms with E-state index in [0.29, 0.717) is 29.2 Å². The number of carbonyl (C=O) groups excluding carboxylic acids is 2. The molecule has 3 heterocycles. The van der Waals surface area contributed by atoms with E-state index < -0.39 is 61.7 Å². The Bertz CT molecular complexity index is 1940. The van der Waals surface area contributed by atoms with E-state index in [-0.39, 0.29) is 28.4 Å². The first-order chi connectivity index (χ1) is 24.8. The molecular weight excluding hydrogens is 725 g/mol. The summed E-state index contributed by atoms with van der Waals surface area (Å²) in [6.45, 7) is 1.83. The summed E-state index contributed by atoms with van der Waals surface area (Å²) in [7, 11) is -0.281. The molecule has 2 fully saturated rings. The van der Waals surface area contributed by atoms with Gasteiger partial charge in [0.1, 0.15) is 34.6 Å². The Hall–Kier alpha value is -4.05. The number of fused-ring (bicyclic) bond motifs is 1. The van der Waals surface area contributed by atoms with Gasteiger partial charge in [0.25, 0.3) is 28.3 Å². The number of benzene rings is 3. The lowest BCUT2D eigenvalue weighted by Gasteiger charge is -2.40. The van der Waals surface area contributed by atoms with Gasteiger partial charge in [-0.25, -0.2) is 30.9 Å². The first kappa shape index (κ1) is 37.7. The van der Waals surface area contributed by atoms with E-state index >= 15 is 9.18 Å². The first-order valence-electron chi connectivity index (χ1n) is 16.9. The van der Waals surface area contributed by atoms with Crippen molar-refractivity contribution in [2.75, 3.05) is 58.4 Å². The normalized spacial score (nSPS) is 20.6. The molecule has 3 aliphatic heterocycles. The van der Waals surface area contributed by atoms with Crippen LogP contribution in [0.25, 0.3) is 0 Å². The molecule has 3 aliphatic rings. The van der Waals surface area contributed by atoms with Gasteiger partial charge in [-0.15, -0.1) is 0 Å². The van der Waals surface area contributed by atoms with Gasteiger partial charge >= 0.3 is 0 Å². The van der Waals surface area contributed by atoms with Gasteiger partial charge in [0.05, 0.1) is 24.9 Å². The standard InChI is InChI=1S/C36H40ClF3N4O7S/c1-42-14-10-22(11-15-42)23-12-16-43(17-13-23)41-34(45)36(25-6-4-5-7-30(25)51-21-33(39)40)26-19-27(37)28(38)20-29(26)44(35(36)46)52(47,48)32-9-8-24(49-2)18-31(32)50-3/h4-9,18-20,22-23,33H,10-17,21H2,1-3H3,(H,41,45). The molecule has 52 heavy (non-hydrogen) atoms. The van der Waals surface area contributed by atoms with Crippen molar-refractivity contribution in [2.24, 2.45) is 11.8 Å². The molecular formula is C36H40ClF3N4O7S. The number of rotatable bonds is 11. The van der Waals surface area contributed by atoms with Crippen LogP contribution in [0.5, 0.6) is 17.2 Å². The van der Waals surface area contributed by atoms with Crippen LogP contribution in [0.1, 0.15) is 36.8 Å². The van der Waals surface area contributed by atoms with E-state index in [9.17, 15) is 22.0 Å². The first-order valence-corrected chi connectivity index (χ1v) is 18.7. The van der Waals surface area contributed by atoms with Crippen LogP contribution in [-0.2, 0) is 25.0 Å². The van der Waals surface area contributed by atoms with Gasteiger partial charge in [0.2, 0.25) is 0 Å². The van der Waals surface area contributed by atoms with E-state index in [2.05, 4.69) is 17.4 Å². The summed E-state index contributed by atoms with van der Waals surface area (Å²) in [6.07, 6.45) is 0.790. The molecule has 0 bridgehead atoms. The Morgan fingerprint density at radius 1 is 0.942 bits per heavy atom. The Balaban J connectivity index is 1.47. The van der Waals surface area contributed by atoms with E-state index in [1.165, 1.54) is 50.6 Å². The fraction of sp³-hybridized carbons (Fsp3) is 0.444. The highest BCUT2D eigenvalue weighted by Gasteiger charge is 2.62. The number of para-hydroxylation sites is 1. The maximum absolute atomic E-state index is 15.3. The lowest BCUT2D eigenvalue weighted by Crippen LogP contribution is -2.58. The molecule has 0 spiro atoms. The number of nitrogens with zero attached hydrogens (tertiary/aromatic N) is 3. The summed E-state index contributed by atoms with van der Waals surface area (Å²) in [6, 6.07) is 11.1. The Kier molecular flexibility index (Phi) is 11.0. The number of nitrogens with one attached hydrogen (secondary N) is 1. The number of likely N-dealkylation sites (tertiary alicyclic amines) is 1. The van der Waals surface area contributed by atoms with Gasteiger partial charge in [-0.1, -0.05) is 29.8 Å². The molecule has 0 radical (unpaired) electrons. The van der Waals surface area contributed by atoms with E-state index in [1.807, 2.05) is 0 Å². The fourth-order valence-corrected chi connectivity index (χ4v) is 9.34. The summed E-state index contributed by atoms with van der Waals surface area (Å²) >= 11 is 6.29. The smallest absolute Gasteiger partial charge is 0.274 e. The van der Waals surface area contributed by atoms with Crippen LogP contribution in [0, 0.1) is 17.7 Å². The summed E-state index contributed by atoms with van der Waals surface area (Å²) in [5, 5.41) is 1.16. The molecule has 16 heteroatoms. The molecule has 1 N–H and O–H groups in total. The topological polar surface area (TPSA) is 118 Å². The maximum atomic E-state index is 15.3. The molecule has 3 aromatic carbocycles. The summed E-state index contributed by atoms with van der Waals surface area (Å²) in [4.78, 5) is 31.9. The highest BCUT2D eigenvalue weighted by atomic mass is 35.5. The highest BCUT2D eigenvalue weighted by molar-refractivity contribution is 7.93. The SMILES string of the molecule is COc1ccc(S(=O)(=O)N2C(=O)C(C(=O)NN3CCC(C4CCN(C)CC4)CC3)(c3ccccc3OCC(F)F)c3cc(Cl)c(F)cc32)c(OC)c1. The number of anilines is 1. The molecule has 2 amide bonds. The lowest BCUT2D eigenvalue weighted by molar-refractivity contribution is -0.137. The molecule has 2 saturated heterocycles. The van der Waals surface area contributed by atoms with Crippen molar-refractivity contribution < 1.29 is 45.4 Å². The minimum absolute atomic E-state index is 0.196. The molecule has 0 saturated carbocycles. The summed E-state index contributed by atoms with van der Waals surface area (Å²) in [5.74, 6) is -2.62. The number of amides is 2. The maximum Gasteiger partial charge on any atom is 0.274 e. The minimum atomic E-state index is -4.97. The second-order valence-corrected chi connectivity index (χ2v) is 15.4. The molecule has 11 nitrogen and oxygen atoms in total. The molecule has 3 aromatic rings. The van der Waals surface area contributed by atoms with Crippen molar-refractivity contribution in [1.29, 1.82) is 0 Å². The van der Waals surface area contributed by atoms with Crippen LogP contribution < -0.4 is 23.9 Å². The number of ether oxygens (including phenoxy) is 3. The summed E-state index contributed by atoms with van der Waals surface area (Å²) in [5.41, 5.74) is -0.769. The zero-order valence-electron chi connectivity index (χ0n) is 28.9. The Morgan fingerprint density at radius 3 is 2.23 bits per heavy atom. The van der Waals surface area contributed by atoms with Gasteiger partial charge in [0, 0.05) is 36.3 Å². The Labute approximate surface area is 305 Å². The Morgan fingerprint density at radius 2 is 1.60 bits per heavy atom. The van der Waals surface area contributed by atoms with Crippen molar-refractivity contribution in [3.63, 3.8) is 0 Å². The highest BCUT2D eigenvalue weighted by Crippen LogP contribution is 2.52. The molecule has 1 atom stereocenters. The number of sulfonamides is 1. The second kappa shape index (κ2) is 15.1. The predicted molar refractivity (Wildman–Crippen MR) is 187 cm³/mol. The van der Waals surface area contributed by atoms with Gasteiger partial charge in [-0.3, -0.25) is 15.0 Å². The van der Waals surface area contributed by atoms with Gasteiger partial charge in [0.15, 0.2) is 5.41 Å².